The lowest BCUT2D eigenvalue weighted by molar-refractivity contribution is 0.0689. The van der Waals surface area contributed by atoms with E-state index < -0.39 is 17.6 Å². The molecule has 0 amide bonds. The highest BCUT2D eigenvalue weighted by Crippen LogP contribution is 2.17. The van der Waals surface area contributed by atoms with E-state index in [1.807, 2.05) is 13.8 Å². The van der Waals surface area contributed by atoms with Gasteiger partial charge in [-0.25, -0.2) is 18.3 Å². The van der Waals surface area contributed by atoms with Gasteiger partial charge < -0.3 is 5.11 Å². The third-order valence-electron chi connectivity index (χ3n) is 2.99. The molecule has 21 heavy (non-hydrogen) atoms. The van der Waals surface area contributed by atoms with Gasteiger partial charge in [0.05, 0.1) is 12.2 Å². The minimum Gasteiger partial charge on any atom is -0.476 e. The number of carboxylic acids is 1. The van der Waals surface area contributed by atoms with Gasteiger partial charge in [0.2, 0.25) is 0 Å². The number of carbonyl (C=O) groups is 1. The van der Waals surface area contributed by atoms with E-state index in [0.717, 1.165) is 6.07 Å². The number of hydrogen-bond donors (Lipinski definition) is 1. The average molecular weight is 295 g/mol. The summed E-state index contributed by atoms with van der Waals surface area (Å²) in [5, 5.41) is 16.5. The number of halogens is 2. The van der Waals surface area contributed by atoms with Gasteiger partial charge in [-0.15, -0.1) is 5.10 Å². The monoisotopic (exact) mass is 295 g/mol. The van der Waals surface area contributed by atoms with E-state index in [1.165, 1.54) is 16.8 Å². The first-order valence-corrected chi connectivity index (χ1v) is 6.48. The van der Waals surface area contributed by atoms with Gasteiger partial charge in [0, 0.05) is 5.56 Å². The summed E-state index contributed by atoms with van der Waals surface area (Å²) in [5.41, 5.74) is 0.350. The zero-order valence-corrected chi connectivity index (χ0v) is 11.7. The Hall–Kier alpha value is -2.31. The van der Waals surface area contributed by atoms with E-state index in [-0.39, 0.29) is 23.7 Å². The maximum absolute atomic E-state index is 13.7. The van der Waals surface area contributed by atoms with E-state index in [0.29, 0.717) is 12.1 Å². The minimum absolute atomic E-state index is 0.0636. The van der Waals surface area contributed by atoms with E-state index in [4.69, 9.17) is 5.11 Å². The predicted molar refractivity (Wildman–Crippen MR) is 71.0 cm³/mol. The topological polar surface area (TPSA) is 68.0 Å². The Morgan fingerprint density at radius 1 is 1.38 bits per heavy atom. The highest BCUT2D eigenvalue weighted by molar-refractivity contribution is 5.86. The molecule has 2 aromatic rings. The van der Waals surface area contributed by atoms with Crippen LogP contribution in [0, 0.1) is 17.6 Å². The molecule has 5 nitrogen and oxygen atoms in total. The van der Waals surface area contributed by atoms with Crippen LogP contribution < -0.4 is 0 Å². The van der Waals surface area contributed by atoms with Gasteiger partial charge in [-0.2, -0.15) is 0 Å². The maximum Gasteiger partial charge on any atom is 0.358 e. The summed E-state index contributed by atoms with van der Waals surface area (Å²) in [6.07, 6.45) is 0.436. The summed E-state index contributed by atoms with van der Waals surface area (Å²) in [4.78, 5) is 11.1. The lowest BCUT2D eigenvalue weighted by atomic mass is 10.1. The summed E-state index contributed by atoms with van der Waals surface area (Å²) in [6, 6.07) is 3.85. The number of benzene rings is 1. The van der Waals surface area contributed by atoms with E-state index in [1.54, 1.807) is 0 Å². The van der Waals surface area contributed by atoms with Crippen LogP contribution in [0.1, 0.15) is 35.6 Å². The van der Waals surface area contributed by atoms with Crippen molar-refractivity contribution in [2.45, 2.75) is 26.8 Å². The molecule has 0 bridgehead atoms. The molecule has 0 aliphatic carbocycles. The smallest absolute Gasteiger partial charge is 0.358 e. The zero-order valence-electron chi connectivity index (χ0n) is 11.7. The van der Waals surface area contributed by atoms with E-state index in [9.17, 15) is 13.6 Å². The summed E-state index contributed by atoms with van der Waals surface area (Å²) in [7, 11) is 0. The molecule has 1 aromatic heterocycles. The first-order valence-electron chi connectivity index (χ1n) is 6.48. The Labute approximate surface area is 120 Å². The molecule has 2 rings (SSSR count). The number of carboxylic acid groups (broad SMARTS) is 1. The molecule has 0 unspecified atom stereocenters. The Kier molecular flexibility index (Phi) is 4.30. The molecule has 0 spiro atoms. The van der Waals surface area contributed by atoms with Crippen LogP contribution in [0.4, 0.5) is 8.78 Å². The molecule has 0 aliphatic rings. The Morgan fingerprint density at radius 3 is 2.71 bits per heavy atom. The van der Waals surface area contributed by atoms with Crippen molar-refractivity contribution in [2.24, 2.45) is 5.92 Å². The Bertz CT molecular complexity index is 668. The van der Waals surface area contributed by atoms with E-state index >= 15 is 0 Å². The van der Waals surface area contributed by atoms with Crippen molar-refractivity contribution in [1.29, 1.82) is 0 Å². The average Bonchev–Trinajstić information content (AvgIpc) is 2.77. The number of aromatic carboxylic acids is 1. The van der Waals surface area contributed by atoms with Crippen molar-refractivity contribution in [2.75, 3.05) is 0 Å². The normalized spacial score (nSPS) is 11.1. The third kappa shape index (κ3) is 3.24. The van der Waals surface area contributed by atoms with Crippen LogP contribution in [0.15, 0.2) is 18.2 Å². The molecule has 1 N–H and O–H groups in total. The molecule has 0 saturated carbocycles. The van der Waals surface area contributed by atoms with Gasteiger partial charge in [-0.3, -0.25) is 0 Å². The van der Waals surface area contributed by atoms with Crippen LogP contribution in [0.5, 0.6) is 0 Å². The highest BCUT2D eigenvalue weighted by Gasteiger charge is 2.20. The lowest BCUT2D eigenvalue weighted by Gasteiger charge is -2.10. The van der Waals surface area contributed by atoms with Crippen LogP contribution >= 0.6 is 0 Å². The first-order chi connectivity index (χ1) is 9.90. The maximum atomic E-state index is 13.7. The van der Waals surface area contributed by atoms with Gasteiger partial charge in [0.25, 0.3) is 0 Å². The molecule has 1 aromatic carbocycles. The summed E-state index contributed by atoms with van der Waals surface area (Å²) in [5.74, 6) is -2.91. The molecular weight excluding hydrogens is 280 g/mol. The predicted octanol–water partition coefficient (Wildman–Crippen LogP) is 2.50. The number of hydrogen-bond acceptors (Lipinski definition) is 3. The molecule has 0 atom stereocenters. The van der Waals surface area contributed by atoms with Crippen LogP contribution in [0.3, 0.4) is 0 Å². The summed E-state index contributed by atoms with van der Waals surface area (Å²) >= 11 is 0. The standard InChI is InChI=1S/C14H15F2N3O2/c1-8(2)6-11-13(14(20)21)17-18-19(11)7-9-4-3-5-10(15)12(9)16/h3-5,8H,6-7H2,1-2H3,(H,20,21). The van der Waals surface area contributed by atoms with E-state index in [2.05, 4.69) is 10.3 Å². The second-order valence-corrected chi connectivity index (χ2v) is 5.16. The molecule has 0 saturated heterocycles. The van der Waals surface area contributed by atoms with Gasteiger partial charge in [-0.1, -0.05) is 31.2 Å². The van der Waals surface area contributed by atoms with Crippen LogP contribution in [-0.2, 0) is 13.0 Å². The fourth-order valence-corrected chi connectivity index (χ4v) is 2.05. The molecule has 1 heterocycles. The molecule has 0 radical (unpaired) electrons. The molecule has 7 heteroatoms. The van der Waals surface area contributed by atoms with Gasteiger partial charge in [-0.05, 0) is 18.4 Å². The van der Waals surface area contributed by atoms with Gasteiger partial charge in [0.1, 0.15) is 0 Å². The Morgan fingerprint density at radius 2 is 2.10 bits per heavy atom. The van der Waals surface area contributed by atoms with Crippen molar-refractivity contribution in [3.63, 3.8) is 0 Å². The van der Waals surface area contributed by atoms with Crippen molar-refractivity contribution < 1.29 is 18.7 Å². The number of aromatic nitrogens is 3. The summed E-state index contributed by atoms with van der Waals surface area (Å²) < 4.78 is 28.2. The van der Waals surface area contributed by atoms with Gasteiger partial charge >= 0.3 is 5.97 Å². The van der Waals surface area contributed by atoms with Crippen molar-refractivity contribution in [3.8, 4) is 0 Å². The SMILES string of the molecule is CC(C)Cc1c(C(=O)O)nnn1Cc1cccc(F)c1F. The highest BCUT2D eigenvalue weighted by atomic mass is 19.2. The Balaban J connectivity index is 2.40. The number of nitrogens with zero attached hydrogens (tertiary/aromatic N) is 3. The molecular formula is C14H15F2N3O2. The third-order valence-corrected chi connectivity index (χ3v) is 2.99. The largest absolute Gasteiger partial charge is 0.476 e. The quantitative estimate of drug-likeness (QED) is 0.920. The molecule has 112 valence electrons. The molecule has 0 fully saturated rings. The van der Waals surface area contributed by atoms with Crippen LogP contribution in [-0.4, -0.2) is 26.1 Å². The van der Waals surface area contributed by atoms with Gasteiger partial charge in [0.15, 0.2) is 17.3 Å². The molecule has 0 aliphatic heterocycles. The van der Waals surface area contributed by atoms with Crippen LogP contribution in [0.2, 0.25) is 0 Å². The van der Waals surface area contributed by atoms with Crippen LogP contribution in [0.25, 0.3) is 0 Å². The fourth-order valence-electron chi connectivity index (χ4n) is 2.05. The number of rotatable bonds is 5. The zero-order chi connectivity index (χ0) is 15.6. The lowest BCUT2D eigenvalue weighted by Crippen LogP contribution is -2.13. The first kappa shape index (κ1) is 15.1. The van der Waals surface area contributed by atoms with Crippen molar-refractivity contribution >= 4 is 5.97 Å². The second-order valence-electron chi connectivity index (χ2n) is 5.16. The summed E-state index contributed by atoms with van der Waals surface area (Å²) in [6.45, 7) is 3.78. The second kappa shape index (κ2) is 5.99. The fraction of sp³-hybridized carbons (Fsp3) is 0.357. The van der Waals surface area contributed by atoms with Crippen molar-refractivity contribution in [1.82, 2.24) is 15.0 Å². The minimum atomic E-state index is -1.18. The van der Waals surface area contributed by atoms with Crippen molar-refractivity contribution in [3.05, 3.63) is 46.8 Å².